The molecule has 0 aliphatic carbocycles. The predicted octanol–water partition coefficient (Wildman–Crippen LogP) is -1.52. The van der Waals surface area contributed by atoms with Gasteiger partial charge in [-0.15, -0.1) is 0 Å². The monoisotopic (exact) mass is 206 g/mol. The summed E-state index contributed by atoms with van der Waals surface area (Å²) in [7, 11) is 0. The summed E-state index contributed by atoms with van der Waals surface area (Å²) in [6.07, 6.45) is 0. The molecule has 2 radical (unpaired) electrons. The van der Waals surface area contributed by atoms with Gasteiger partial charge in [0.1, 0.15) is 0 Å². The second kappa shape index (κ2) is 2.84. The molecule has 0 fully saturated rings. The van der Waals surface area contributed by atoms with Crippen LogP contribution >= 0.6 is 0 Å². The Morgan fingerprint density at radius 1 is 1.14 bits per heavy atom. The summed E-state index contributed by atoms with van der Waals surface area (Å²) in [5.74, 6) is 0. The van der Waals surface area contributed by atoms with Crippen molar-refractivity contribution >= 4 is 28.8 Å². The zero-order valence-corrected chi connectivity index (χ0v) is 6.51. The maximum atomic E-state index is 6.66. The molecule has 0 rings (SSSR count). The van der Waals surface area contributed by atoms with Gasteiger partial charge in [-0.2, -0.15) is 0 Å². The zero-order valence-electron chi connectivity index (χ0n) is 3.65. The summed E-state index contributed by atoms with van der Waals surface area (Å²) >= 11 is -1.24. The summed E-state index contributed by atoms with van der Waals surface area (Å²) in [4.78, 5) is 0. The number of nitrogens with one attached hydrogen (secondary N) is 2. The van der Waals surface area contributed by atoms with E-state index >= 15 is 0 Å². The molecule has 6 N–H and O–H groups in total. The topological polar surface area (TPSA) is 99.7 Å². The van der Waals surface area contributed by atoms with Crippen LogP contribution in [0.15, 0.2) is 0 Å². The van der Waals surface area contributed by atoms with Crippen LogP contribution in [0.25, 0.3) is 0 Å². The quantitative estimate of drug-likeness (QED) is 0.250. The van der Waals surface area contributed by atoms with E-state index in [1.54, 1.807) is 0 Å². The van der Waals surface area contributed by atoms with Crippen LogP contribution in [0, 0.1) is 10.8 Å². The van der Waals surface area contributed by atoms with Gasteiger partial charge in [0.05, 0.1) is 0 Å². The van der Waals surface area contributed by atoms with E-state index in [1.165, 1.54) is 0 Å². The molecule has 0 aromatic rings. The second-order valence-electron chi connectivity index (χ2n) is 0.952. The van der Waals surface area contributed by atoms with Crippen LogP contribution in [0.5, 0.6) is 0 Å². The van der Waals surface area contributed by atoms with E-state index in [-0.39, 0.29) is 7.70 Å². The van der Waals surface area contributed by atoms with Gasteiger partial charge in [0, 0.05) is 0 Å². The van der Waals surface area contributed by atoms with Crippen molar-refractivity contribution in [3.8, 4) is 0 Å². The predicted molar refractivity (Wildman–Crippen MR) is 29.6 cm³/mol. The van der Waals surface area contributed by atoms with Gasteiger partial charge in [-0.3, -0.25) is 0 Å². The maximum absolute atomic E-state index is 6.66. The molecule has 0 unspecified atom stereocenters. The molecule has 5 heteroatoms. The van der Waals surface area contributed by atoms with E-state index in [0.717, 1.165) is 0 Å². The van der Waals surface area contributed by atoms with Crippen LogP contribution in [0.4, 0.5) is 0 Å². The Morgan fingerprint density at radius 2 is 1.43 bits per heavy atom. The van der Waals surface area contributed by atoms with Gasteiger partial charge in [-0.1, -0.05) is 0 Å². The van der Waals surface area contributed by atoms with Gasteiger partial charge in [0.2, 0.25) is 0 Å². The molecule has 0 spiro atoms. The zero-order chi connectivity index (χ0) is 5.86. The molecule has 38 valence electrons. The van der Waals surface area contributed by atoms with E-state index in [1.807, 2.05) is 0 Å². The first kappa shape index (κ1) is 6.74. The van der Waals surface area contributed by atoms with E-state index in [4.69, 9.17) is 22.3 Å². The normalized spacial score (nSPS) is 8.00. The van der Waals surface area contributed by atoms with Gasteiger partial charge >= 0.3 is 51.1 Å². The summed E-state index contributed by atoms with van der Waals surface area (Å²) in [6.45, 7) is 0. The van der Waals surface area contributed by atoms with Crippen molar-refractivity contribution in [3.63, 3.8) is 0 Å². The standard InChI is InChI=1S/2CH3N2.Sn/c2*2-1-3;/h2*(H3,2,3);. The number of hydrogen-bond donors (Lipinski definition) is 4. The third kappa shape index (κ3) is 5.74. The first-order valence-electron chi connectivity index (χ1n) is 1.58. The van der Waals surface area contributed by atoms with Crippen LogP contribution < -0.4 is 11.5 Å². The molecule has 0 amide bonds. The van der Waals surface area contributed by atoms with Crippen molar-refractivity contribution in [2.24, 2.45) is 11.5 Å². The van der Waals surface area contributed by atoms with Crippen molar-refractivity contribution < 1.29 is 0 Å². The van der Waals surface area contributed by atoms with Gasteiger partial charge < -0.3 is 0 Å². The molecule has 0 saturated carbocycles. The summed E-state index contributed by atoms with van der Waals surface area (Å²) in [5, 5.41) is 13.3. The number of amidine groups is 2. The molecule has 0 heterocycles. The molecule has 0 aromatic heterocycles. The molecule has 0 saturated heterocycles. The summed E-state index contributed by atoms with van der Waals surface area (Å²) in [5.41, 5.74) is 9.86. The number of nitrogens with two attached hydrogens (primary N) is 2. The van der Waals surface area contributed by atoms with Crippen molar-refractivity contribution in [1.82, 2.24) is 0 Å². The van der Waals surface area contributed by atoms with E-state index in [9.17, 15) is 0 Å². The Balaban J connectivity index is 3.32. The molecule has 7 heavy (non-hydrogen) atoms. The van der Waals surface area contributed by atoms with Gasteiger partial charge in [-0.05, 0) is 0 Å². The fourth-order valence-electron chi connectivity index (χ4n) is 0.145. The fraction of sp³-hybridized carbons (Fsp3) is 0. The molecule has 0 atom stereocenters. The first-order valence-corrected chi connectivity index (χ1v) is 4.43. The third-order valence-corrected chi connectivity index (χ3v) is 1.81. The second-order valence-corrected chi connectivity index (χ2v) is 4.74. The SMILES string of the molecule is N=[C](N)[Sn][C](=N)N. The molecule has 0 bridgehead atoms. The Kier molecular flexibility index (Phi) is 2.73. The molecular weight excluding hydrogens is 199 g/mol. The number of hydrogen-bond acceptors (Lipinski definition) is 2. The van der Waals surface area contributed by atoms with Crippen molar-refractivity contribution in [1.29, 1.82) is 10.8 Å². The van der Waals surface area contributed by atoms with Crippen molar-refractivity contribution in [2.75, 3.05) is 0 Å². The third-order valence-electron chi connectivity index (χ3n) is 0.269. The first-order chi connectivity index (χ1) is 3.13. The fourth-order valence-corrected chi connectivity index (χ4v) is 0.973. The Hall–Kier alpha value is -0.261. The van der Waals surface area contributed by atoms with Crippen LogP contribution in [0.3, 0.4) is 0 Å². The molecule has 0 aliphatic rings. The van der Waals surface area contributed by atoms with E-state index in [0.29, 0.717) is 0 Å². The van der Waals surface area contributed by atoms with Crippen LogP contribution in [-0.2, 0) is 0 Å². The Labute approximate surface area is 51.5 Å². The van der Waals surface area contributed by atoms with E-state index in [2.05, 4.69) is 0 Å². The molecule has 4 nitrogen and oxygen atoms in total. The molecule has 0 aliphatic heterocycles. The Morgan fingerprint density at radius 3 is 1.43 bits per heavy atom. The summed E-state index contributed by atoms with van der Waals surface area (Å²) < 4.78 is 0.215. The van der Waals surface area contributed by atoms with Crippen LogP contribution in [-0.4, -0.2) is 28.8 Å². The number of rotatable bonds is 2. The van der Waals surface area contributed by atoms with Crippen LogP contribution in [0.2, 0.25) is 0 Å². The molecular formula is C2H6N4Sn. The Bertz CT molecular complexity index is 85.9. The van der Waals surface area contributed by atoms with Gasteiger partial charge in [-0.25, -0.2) is 0 Å². The van der Waals surface area contributed by atoms with Crippen molar-refractivity contribution in [3.05, 3.63) is 0 Å². The van der Waals surface area contributed by atoms with Crippen LogP contribution in [0.1, 0.15) is 0 Å². The molecule has 0 aromatic carbocycles. The average Bonchev–Trinajstić information content (AvgIpc) is 1.27. The minimum atomic E-state index is -1.24. The average molecular weight is 205 g/mol. The van der Waals surface area contributed by atoms with Gasteiger partial charge in [0.25, 0.3) is 0 Å². The minimum absolute atomic E-state index is 0.108. The van der Waals surface area contributed by atoms with Crippen molar-refractivity contribution in [2.45, 2.75) is 0 Å². The summed E-state index contributed by atoms with van der Waals surface area (Å²) in [6, 6.07) is 0. The van der Waals surface area contributed by atoms with E-state index < -0.39 is 21.1 Å². The van der Waals surface area contributed by atoms with Gasteiger partial charge in [0.15, 0.2) is 0 Å².